The molecular weight excluding hydrogens is 757 g/mol. The highest BCUT2D eigenvalue weighted by atomic mass is 35.5. The third kappa shape index (κ3) is 5.42. The monoisotopic (exact) mass is 783 g/mol. The number of fused-ring (bicyclic) bond motifs is 3. The van der Waals surface area contributed by atoms with Gasteiger partial charge in [-0.25, -0.2) is 9.88 Å². The second-order valence-corrected chi connectivity index (χ2v) is 15.6. The number of Topliss-reactive ketones (excluding diaryl/α,β-unsaturated/α-hetero) is 2. The lowest BCUT2D eigenvalue weighted by atomic mass is 9.93. The molecule has 12 heteroatoms. The molecule has 5 aromatic carbocycles. The number of rotatable bonds is 8. The Morgan fingerprint density at radius 1 is 0.673 bits per heavy atom. The summed E-state index contributed by atoms with van der Waals surface area (Å²) >= 11 is 14.1. The average molecular weight is 785 g/mol. The summed E-state index contributed by atoms with van der Waals surface area (Å²) in [5.74, 6) is -3.46. The molecule has 0 bridgehead atoms. The molecule has 0 radical (unpaired) electrons. The Labute approximate surface area is 328 Å². The van der Waals surface area contributed by atoms with Crippen molar-refractivity contribution in [1.29, 1.82) is 0 Å². The fourth-order valence-corrected chi connectivity index (χ4v) is 9.03. The van der Waals surface area contributed by atoms with Crippen LogP contribution in [0.5, 0.6) is 0 Å². The van der Waals surface area contributed by atoms with Crippen molar-refractivity contribution < 1.29 is 28.8 Å². The number of carbonyl (C=O) groups excluding carboxylic acids is 6. The minimum absolute atomic E-state index is 0.0503. The first-order valence-corrected chi connectivity index (χ1v) is 19.3. The van der Waals surface area contributed by atoms with Gasteiger partial charge >= 0.3 is 0 Å². The van der Waals surface area contributed by atoms with Crippen molar-refractivity contribution in [2.45, 2.75) is 37.1 Å². The number of pyridine rings is 1. The van der Waals surface area contributed by atoms with Gasteiger partial charge in [0.15, 0.2) is 11.6 Å². The maximum atomic E-state index is 14.0. The number of amides is 4. The van der Waals surface area contributed by atoms with Gasteiger partial charge < -0.3 is 0 Å². The molecule has 6 aromatic rings. The van der Waals surface area contributed by atoms with Crippen LogP contribution < -0.4 is 4.90 Å². The van der Waals surface area contributed by atoms with Crippen molar-refractivity contribution in [3.05, 3.63) is 146 Å². The number of nitrogens with zero attached hydrogens (tertiary/aromatic N) is 3. The van der Waals surface area contributed by atoms with Gasteiger partial charge in [-0.3, -0.25) is 33.7 Å². The molecule has 1 atom stereocenters. The largest absolute Gasteiger partial charge is 0.293 e. The fraction of sp³-hybridized carbons (Fsp3) is 0.140. The molecule has 3 heterocycles. The Kier molecular flexibility index (Phi) is 8.45. The first kappa shape index (κ1) is 35.0. The molecule has 4 amide bonds. The molecule has 0 spiro atoms. The van der Waals surface area contributed by atoms with Crippen LogP contribution in [0.2, 0.25) is 10.0 Å². The molecule has 0 saturated carbocycles. The molecule has 55 heavy (non-hydrogen) atoms. The fourth-order valence-electron chi connectivity index (χ4n) is 7.67. The van der Waals surface area contributed by atoms with E-state index in [-0.39, 0.29) is 44.6 Å². The van der Waals surface area contributed by atoms with Crippen molar-refractivity contribution in [3.63, 3.8) is 0 Å². The smallest absolute Gasteiger partial charge is 0.266 e. The molecule has 3 aliphatic rings. The summed E-state index contributed by atoms with van der Waals surface area (Å²) in [6.07, 6.45) is 2.05. The number of ketones is 2. The van der Waals surface area contributed by atoms with Crippen LogP contribution in [0.1, 0.15) is 99.1 Å². The van der Waals surface area contributed by atoms with E-state index in [1.54, 1.807) is 66.4 Å². The Hall–Kier alpha value is -5.68. The van der Waals surface area contributed by atoms with E-state index < -0.39 is 41.1 Å². The minimum atomic E-state index is -1.26. The van der Waals surface area contributed by atoms with Crippen LogP contribution in [-0.4, -0.2) is 50.8 Å². The van der Waals surface area contributed by atoms with Gasteiger partial charge in [0.1, 0.15) is 5.92 Å². The van der Waals surface area contributed by atoms with Gasteiger partial charge in [0.25, 0.3) is 23.6 Å². The third-order valence-electron chi connectivity index (χ3n) is 10.4. The number of aromatic nitrogens is 1. The second-order valence-electron chi connectivity index (χ2n) is 13.6. The van der Waals surface area contributed by atoms with Crippen LogP contribution in [0.4, 0.5) is 5.69 Å². The van der Waals surface area contributed by atoms with Crippen LogP contribution in [0.3, 0.4) is 0 Å². The van der Waals surface area contributed by atoms with Gasteiger partial charge in [-0.05, 0) is 77.7 Å². The number of thioether (sulfide) groups is 1. The number of halogens is 2. The minimum Gasteiger partial charge on any atom is -0.293 e. The van der Waals surface area contributed by atoms with Crippen LogP contribution in [0, 0.1) is 0 Å². The Bertz CT molecular complexity index is 2690. The standard InChI is InChI=1S/C43H27Cl2N3O6S/c1-2-3-16-55-23-11-12-25-28(17-23)39(50)36(38(25)49)33-14-13-24-22(20-47-40(51)26-8-4-6-21-7-5-9-27(35(21)26)41(47)52)10-15-34(37(24)46-33)48-42(53)29-18-31(44)32(45)19-30(29)43(48)54/h4-15,17-19,36H,2-3,16,20H2,1H3. The van der Waals surface area contributed by atoms with Crippen molar-refractivity contribution in [1.82, 2.24) is 9.88 Å². The summed E-state index contributed by atoms with van der Waals surface area (Å²) in [5, 5.41) is 1.96. The lowest BCUT2D eigenvalue weighted by molar-refractivity contribution is 0.0597. The van der Waals surface area contributed by atoms with E-state index in [2.05, 4.69) is 6.92 Å². The summed E-state index contributed by atoms with van der Waals surface area (Å²) in [6.45, 7) is 1.94. The maximum absolute atomic E-state index is 14.0. The highest BCUT2D eigenvalue weighted by molar-refractivity contribution is 7.99. The van der Waals surface area contributed by atoms with Gasteiger partial charge in [-0.1, -0.05) is 72.9 Å². The maximum Gasteiger partial charge on any atom is 0.266 e. The summed E-state index contributed by atoms with van der Waals surface area (Å²) < 4.78 is 0. The van der Waals surface area contributed by atoms with Gasteiger partial charge in [-0.2, -0.15) is 0 Å². The van der Waals surface area contributed by atoms with Crippen LogP contribution in [0.25, 0.3) is 21.7 Å². The van der Waals surface area contributed by atoms with Crippen LogP contribution >= 0.6 is 35.0 Å². The zero-order valence-electron chi connectivity index (χ0n) is 29.0. The van der Waals surface area contributed by atoms with Gasteiger partial charge in [0.2, 0.25) is 0 Å². The van der Waals surface area contributed by atoms with Crippen molar-refractivity contribution in [3.8, 4) is 0 Å². The van der Waals surface area contributed by atoms with Crippen LogP contribution in [0.15, 0.2) is 95.9 Å². The summed E-state index contributed by atoms with van der Waals surface area (Å²) in [5.41, 5.74) is 2.31. The molecule has 9 nitrogen and oxygen atoms in total. The number of carbonyl (C=O) groups is 6. The first-order valence-electron chi connectivity index (χ1n) is 17.6. The predicted molar refractivity (Wildman–Crippen MR) is 211 cm³/mol. The molecule has 1 aromatic heterocycles. The lowest BCUT2D eigenvalue weighted by Crippen LogP contribution is -2.39. The van der Waals surface area contributed by atoms with Crippen molar-refractivity contribution >= 4 is 97.5 Å². The van der Waals surface area contributed by atoms with Crippen molar-refractivity contribution in [2.24, 2.45) is 0 Å². The molecule has 1 unspecified atom stereocenters. The Balaban J connectivity index is 1.16. The highest BCUT2D eigenvalue weighted by Gasteiger charge is 2.42. The zero-order valence-corrected chi connectivity index (χ0v) is 31.3. The normalized spacial score (nSPS) is 16.2. The van der Waals surface area contributed by atoms with Crippen molar-refractivity contribution in [2.75, 3.05) is 10.7 Å². The van der Waals surface area contributed by atoms with Crippen LogP contribution in [-0.2, 0) is 6.54 Å². The summed E-state index contributed by atoms with van der Waals surface area (Å²) in [4.78, 5) is 91.3. The van der Waals surface area contributed by atoms with Gasteiger partial charge in [0.05, 0.1) is 44.6 Å². The van der Waals surface area contributed by atoms with E-state index in [1.165, 1.54) is 18.2 Å². The van der Waals surface area contributed by atoms with E-state index in [0.717, 1.165) is 38.7 Å². The third-order valence-corrected chi connectivity index (χ3v) is 12.2. The predicted octanol–water partition coefficient (Wildman–Crippen LogP) is 9.35. The SMILES string of the molecule is CCCCSc1ccc2c(c1)C(=O)C(c1ccc3c(CN4C(=O)c5cccc6cccc(c56)C4=O)ccc(N4C(=O)c5cc(Cl)c(Cl)cc5C4=O)c3n1)C2=O. The molecule has 2 aliphatic heterocycles. The molecule has 0 fully saturated rings. The zero-order chi connectivity index (χ0) is 38.3. The number of anilines is 1. The van der Waals surface area contributed by atoms with E-state index in [1.807, 2.05) is 18.2 Å². The molecule has 1 aliphatic carbocycles. The van der Waals surface area contributed by atoms with E-state index in [0.29, 0.717) is 38.6 Å². The van der Waals surface area contributed by atoms with Gasteiger partial charge in [0, 0.05) is 37.9 Å². The molecular formula is C43H27Cl2N3O6S. The summed E-state index contributed by atoms with van der Waals surface area (Å²) in [6, 6.07) is 24.9. The molecule has 0 saturated heterocycles. The van der Waals surface area contributed by atoms with E-state index >= 15 is 0 Å². The number of unbranched alkanes of at least 4 members (excludes halogenated alkanes) is 1. The first-order chi connectivity index (χ1) is 26.6. The number of hydrogen-bond acceptors (Lipinski definition) is 8. The average Bonchev–Trinajstić information content (AvgIpc) is 3.57. The lowest BCUT2D eigenvalue weighted by Gasteiger charge is -2.28. The topological polar surface area (TPSA) is 122 Å². The molecule has 9 rings (SSSR count). The quantitative estimate of drug-likeness (QED) is 0.0648. The number of hydrogen-bond donors (Lipinski definition) is 0. The number of benzene rings is 5. The summed E-state index contributed by atoms with van der Waals surface area (Å²) in [7, 11) is 0. The van der Waals surface area contributed by atoms with E-state index in [4.69, 9.17) is 28.2 Å². The molecule has 0 N–H and O–H groups in total. The molecule has 270 valence electrons. The Morgan fingerprint density at radius 2 is 1.33 bits per heavy atom. The van der Waals surface area contributed by atoms with E-state index in [9.17, 15) is 28.8 Å². The second kappa shape index (κ2) is 13.3. The highest BCUT2D eigenvalue weighted by Crippen LogP contribution is 2.41. The Morgan fingerprint density at radius 3 is 1.98 bits per heavy atom. The number of imide groups is 2. The van der Waals surface area contributed by atoms with Gasteiger partial charge in [-0.15, -0.1) is 11.8 Å².